The number of imidazole rings is 1. The van der Waals surface area contributed by atoms with E-state index < -0.39 is 0 Å². The second-order valence-electron chi connectivity index (χ2n) is 7.04. The number of nitrogens with zero attached hydrogens (tertiary/aromatic N) is 4. The van der Waals surface area contributed by atoms with Crippen molar-refractivity contribution in [2.75, 3.05) is 13.7 Å². The maximum atomic E-state index is 12.9. The van der Waals surface area contributed by atoms with E-state index in [0.717, 1.165) is 32.2 Å². The predicted molar refractivity (Wildman–Crippen MR) is 94.6 cm³/mol. The number of ether oxygens (including phenoxy) is 2. The van der Waals surface area contributed by atoms with E-state index in [1.165, 1.54) is 0 Å². The van der Waals surface area contributed by atoms with Crippen molar-refractivity contribution in [3.63, 3.8) is 0 Å². The van der Waals surface area contributed by atoms with E-state index in [-0.39, 0.29) is 23.7 Å². The topological polar surface area (TPSA) is 69.5 Å². The Morgan fingerprint density at radius 1 is 1.35 bits per heavy atom. The molecule has 7 nitrogen and oxygen atoms in total. The van der Waals surface area contributed by atoms with Gasteiger partial charge in [0.25, 0.3) is 0 Å². The Kier molecular flexibility index (Phi) is 4.63. The summed E-state index contributed by atoms with van der Waals surface area (Å²) in [5, 5.41) is 0. The van der Waals surface area contributed by atoms with Gasteiger partial charge >= 0.3 is 0 Å². The van der Waals surface area contributed by atoms with Gasteiger partial charge in [-0.25, -0.2) is 9.97 Å². The van der Waals surface area contributed by atoms with Gasteiger partial charge in [0.15, 0.2) is 0 Å². The molecule has 0 radical (unpaired) electrons. The molecule has 7 heteroatoms. The van der Waals surface area contributed by atoms with Gasteiger partial charge in [-0.05, 0) is 25.3 Å². The molecular weight excluding hydrogens is 332 g/mol. The molecule has 1 saturated carbocycles. The molecular formula is C19H24N4O3. The molecule has 2 aliphatic rings. The van der Waals surface area contributed by atoms with Gasteiger partial charge in [0.2, 0.25) is 11.8 Å². The van der Waals surface area contributed by atoms with Crippen LogP contribution in [-0.4, -0.2) is 56.7 Å². The molecule has 1 amide bonds. The number of aromatic nitrogens is 3. The first kappa shape index (κ1) is 17.0. The van der Waals surface area contributed by atoms with Crippen molar-refractivity contribution in [2.24, 2.45) is 0 Å². The van der Waals surface area contributed by atoms with Gasteiger partial charge in [0.05, 0.1) is 18.0 Å². The van der Waals surface area contributed by atoms with E-state index in [1.807, 2.05) is 29.3 Å². The lowest BCUT2D eigenvalue weighted by Crippen LogP contribution is -2.54. The summed E-state index contributed by atoms with van der Waals surface area (Å²) in [6.45, 7) is 1.03. The van der Waals surface area contributed by atoms with Crippen molar-refractivity contribution >= 4 is 5.91 Å². The number of hydrogen-bond acceptors (Lipinski definition) is 5. The number of fused-ring (bicyclic) bond motifs is 1. The Morgan fingerprint density at radius 2 is 2.27 bits per heavy atom. The molecule has 0 unspecified atom stereocenters. The highest BCUT2D eigenvalue weighted by molar-refractivity contribution is 5.77. The van der Waals surface area contributed by atoms with Crippen molar-refractivity contribution < 1.29 is 14.3 Å². The predicted octanol–water partition coefficient (Wildman–Crippen LogP) is 1.90. The van der Waals surface area contributed by atoms with Gasteiger partial charge in [-0.15, -0.1) is 0 Å². The molecule has 0 N–H and O–H groups in total. The molecule has 138 valence electrons. The van der Waals surface area contributed by atoms with E-state index in [9.17, 15) is 4.79 Å². The molecule has 2 aromatic heterocycles. The quantitative estimate of drug-likeness (QED) is 0.818. The van der Waals surface area contributed by atoms with Crippen LogP contribution < -0.4 is 4.74 Å². The standard InChI is InChI=1S/C19H24N4O3/c1-25-19-6-5-15(26-17-4-2-3-8-21-17)12-16(19)23(10-7-19)18(24)13-22-11-9-20-14-22/h2-4,8-9,11,14-16H,5-7,10,12-13H2,1H3/t15-,16-,19+/m0/s1. The van der Waals surface area contributed by atoms with Crippen molar-refractivity contribution in [1.29, 1.82) is 0 Å². The monoisotopic (exact) mass is 356 g/mol. The molecule has 1 aliphatic carbocycles. The maximum absolute atomic E-state index is 12.9. The fourth-order valence-corrected chi connectivity index (χ4v) is 4.28. The van der Waals surface area contributed by atoms with Crippen molar-refractivity contribution in [3.8, 4) is 5.88 Å². The highest BCUT2D eigenvalue weighted by atomic mass is 16.5. The molecule has 2 fully saturated rings. The molecule has 26 heavy (non-hydrogen) atoms. The Labute approximate surface area is 152 Å². The average Bonchev–Trinajstić information content (AvgIpc) is 3.30. The second-order valence-corrected chi connectivity index (χ2v) is 7.04. The number of methoxy groups -OCH3 is 1. The van der Waals surface area contributed by atoms with Gasteiger partial charge in [0.1, 0.15) is 12.6 Å². The minimum Gasteiger partial charge on any atom is -0.474 e. The van der Waals surface area contributed by atoms with Gasteiger partial charge in [-0.2, -0.15) is 0 Å². The first-order valence-electron chi connectivity index (χ1n) is 9.08. The normalized spacial score (nSPS) is 28.0. The molecule has 3 atom stereocenters. The number of hydrogen-bond donors (Lipinski definition) is 0. The van der Waals surface area contributed by atoms with Crippen LogP contribution in [0.4, 0.5) is 0 Å². The molecule has 0 aromatic carbocycles. The van der Waals surface area contributed by atoms with Crippen molar-refractivity contribution in [1.82, 2.24) is 19.4 Å². The van der Waals surface area contributed by atoms with Crippen LogP contribution >= 0.6 is 0 Å². The number of carbonyl (C=O) groups is 1. The maximum Gasteiger partial charge on any atom is 0.242 e. The number of likely N-dealkylation sites (tertiary alicyclic amines) is 1. The summed E-state index contributed by atoms with van der Waals surface area (Å²) in [6, 6.07) is 5.69. The van der Waals surface area contributed by atoms with Crippen LogP contribution in [0.5, 0.6) is 5.88 Å². The summed E-state index contributed by atoms with van der Waals surface area (Å²) >= 11 is 0. The van der Waals surface area contributed by atoms with Gasteiger partial charge in [0, 0.05) is 44.7 Å². The van der Waals surface area contributed by atoms with Crippen LogP contribution in [0.15, 0.2) is 43.1 Å². The Bertz CT molecular complexity index is 737. The van der Waals surface area contributed by atoms with E-state index in [4.69, 9.17) is 9.47 Å². The zero-order chi connectivity index (χ0) is 18.0. The second kappa shape index (κ2) is 7.07. The number of pyridine rings is 1. The largest absolute Gasteiger partial charge is 0.474 e. The molecule has 3 heterocycles. The van der Waals surface area contributed by atoms with Crippen LogP contribution in [0.25, 0.3) is 0 Å². The molecule has 4 rings (SSSR count). The van der Waals surface area contributed by atoms with Crippen LogP contribution in [0.3, 0.4) is 0 Å². The van der Waals surface area contributed by atoms with Crippen LogP contribution in [-0.2, 0) is 16.1 Å². The van der Waals surface area contributed by atoms with Crippen LogP contribution in [0.2, 0.25) is 0 Å². The summed E-state index contributed by atoms with van der Waals surface area (Å²) in [5.41, 5.74) is -0.255. The van der Waals surface area contributed by atoms with Gasteiger partial charge in [-0.3, -0.25) is 4.79 Å². The van der Waals surface area contributed by atoms with Gasteiger partial charge in [-0.1, -0.05) is 6.07 Å². The summed E-state index contributed by atoms with van der Waals surface area (Å²) in [5.74, 6) is 0.738. The highest BCUT2D eigenvalue weighted by Gasteiger charge is 2.52. The lowest BCUT2D eigenvalue weighted by Gasteiger charge is -2.43. The Hall–Kier alpha value is -2.41. The van der Waals surface area contributed by atoms with Crippen LogP contribution in [0, 0.1) is 0 Å². The third-order valence-electron chi connectivity index (χ3n) is 5.66. The Balaban J connectivity index is 1.48. The van der Waals surface area contributed by atoms with E-state index in [0.29, 0.717) is 12.4 Å². The zero-order valence-corrected chi connectivity index (χ0v) is 15.0. The van der Waals surface area contributed by atoms with Crippen molar-refractivity contribution in [3.05, 3.63) is 43.1 Å². The van der Waals surface area contributed by atoms with E-state index >= 15 is 0 Å². The number of rotatable bonds is 5. The SMILES string of the molecule is CO[C@@]12CC[C@H](Oc3ccccn3)C[C@@H]1N(C(=O)Cn1ccnc1)CC2. The average molecular weight is 356 g/mol. The first-order valence-corrected chi connectivity index (χ1v) is 9.08. The molecule has 2 aromatic rings. The summed E-state index contributed by atoms with van der Waals surface area (Å²) in [7, 11) is 1.76. The molecule has 1 aliphatic heterocycles. The van der Waals surface area contributed by atoms with Gasteiger partial charge < -0.3 is 18.9 Å². The summed E-state index contributed by atoms with van der Waals surface area (Å²) < 4.78 is 13.8. The van der Waals surface area contributed by atoms with E-state index in [1.54, 1.807) is 30.4 Å². The lowest BCUT2D eigenvalue weighted by molar-refractivity contribution is -0.140. The third kappa shape index (κ3) is 3.19. The first-order chi connectivity index (χ1) is 12.7. The molecule has 0 spiro atoms. The number of amides is 1. The fraction of sp³-hybridized carbons (Fsp3) is 0.526. The molecule has 1 saturated heterocycles. The fourth-order valence-electron chi connectivity index (χ4n) is 4.28. The van der Waals surface area contributed by atoms with Crippen molar-refractivity contribution in [2.45, 2.75) is 50.0 Å². The third-order valence-corrected chi connectivity index (χ3v) is 5.66. The smallest absolute Gasteiger partial charge is 0.242 e. The highest BCUT2D eigenvalue weighted by Crippen LogP contribution is 2.43. The van der Waals surface area contributed by atoms with Crippen LogP contribution in [0.1, 0.15) is 25.7 Å². The zero-order valence-electron chi connectivity index (χ0n) is 15.0. The minimum atomic E-state index is -0.255. The molecule has 0 bridgehead atoms. The Morgan fingerprint density at radius 3 is 3.00 bits per heavy atom. The summed E-state index contributed by atoms with van der Waals surface area (Å²) in [4.78, 5) is 23.1. The lowest BCUT2D eigenvalue weighted by atomic mass is 9.79. The minimum absolute atomic E-state index is 0.0333. The van der Waals surface area contributed by atoms with E-state index in [2.05, 4.69) is 9.97 Å². The summed E-state index contributed by atoms with van der Waals surface area (Å²) in [6.07, 6.45) is 10.4. The number of carbonyl (C=O) groups excluding carboxylic acids is 1.